The molecule has 1 heterocycles. The van der Waals surface area contributed by atoms with Crippen LogP contribution in [0.1, 0.15) is 20.7 Å². The second kappa shape index (κ2) is 6.79. The number of aromatic nitrogens is 2. The third-order valence-electron chi connectivity index (χ3n) is 4.30. The van der Waals surface area contributed by atoms with Gasteiger partial charge in [0.2, 0.25) is 0 Å². The molecule has 0 aliphatic heterocycles. The van der Waals surface area contributed by atoms with Crippen molar-refractivity contribution in [1.82, 2.24) is 7.96 Å². The van der Waals surface area contributed by atoms with Crippen molar-refractivity contribution in [1.29, 1.82) is 0 Å². The summed E-state index contributed by atoms with van der Waals surface area (Å²) in [5.74, 6) is -1.93. The number of carbonyl (C=O) groups is 2. The molecule has 4 rings (SSSR count). The van der Waals surface area contributed by atoms with Gasteiger partial charge < -0.3 is 0 Å². The van der Waals surface area contributed by atoms with E-state index in [1.165, 1.54) is 0 Å². The molecule has 132 valence electrons. The third-order valence-corrected chi connectivity index (χ3v) is 5.41. The van der Waals surface area contributed by atoms with E-state index in [1.807, 2.05) is 12.1 Å². The Hall–Kier alpha value is -3.28. The number of hydrogen-bond acceptors (Lipinski definition) is 4. The number of benzene rings is 3. The van der Waals surface area contributed by atoms with Crippen LogP contribution in [0.4, 0.5) is 0 Å². The average molecular weight is 423 g/mol. The van der Waals surface area contributed by atoms with Crippen LogP contribution in [0.15, 0.2) is 60.7 Å². The van der Waals surface area contributed by atoms with Gasteiger partial charge in [0.05, 0.1) is 0 Å². The van der Waals surface area contributed by atoms with Crippen LogP contribution in [-0.4, -0.2) is 45.1 Å². The molecule has 4 aromatic rings. The van der Waals surface area contributed by atoms with E-state index in [0.29, 0.717) is 0 Å². The topological polar surface area (TPSA) is 100 Å². The van der Waals surface area contributed by atoms with E-state index in [9.17, 15) is 9.59 Å². The Morgan fingerprint density at radius 2 is 1.00 bits per heavy atom. The molecule has 0 amide bonds. The van der Waals surface area contributed by atoms with Crippen molar-refractivity contribution in [3.8, 4) is 22.3 Å². The summed E-state index contributed by atoms with van der Waals surface area (Å²) in [4.78, 5) is 22.1. The average Bonchev–Trinajstić information content (AvgIpc) is 3.17. The Labute approximate surface area is 160 Å². The van der Waals surface area contributed by atoms with Gasteiger partial charge in [0.1, 0.15) is 0 Å². The van der Waals surface area contributed by atoms with Gasteiger partial charge in [-0.3, -0.25) is 0 Å². The van der Waals surface area contributed by atoms with E-state index >= 15 is 0 Å². The third kappa shape index (κ3) is 3.14. The second-order valence-electron chi connectivity index (χ2n) is 5.89. The Morgan fingerprint density at radius 3 is 1.33 bits per heavy atom. The number of carboxylic acid groups (broad SMARTS) is 2. The molecule has 0 atom stereocenters. The number of rotatable bonds is 4. The summed E-state index contributed by atoms with van der Waals surface area (Å²) in [6.45, 7) is 0. The van der Waals surface area contributed by atoms with Crippen LogP contribution in [0.5, 0.6) is 0 Å². The Bertz CT molecular complexity index is 1070. The minimum atomic E-state index is -0.963. The molecule has 0 aliphatic carbocycles. The first kappa shape index (κ1) is 17.1. The molecule has 7 heteroatoms. The van der Waals surface area contributed by atoms with E-state index in [4.69, 9.17) is 10.2 Å². The first-order valence-corrected chi connectivity index (χ1v) is 9.50. The van der Waals surface area contributed by atoms with Crippen LogP contribution in [-0.2, 0) is 0 Å². The summed E-state index contributed by atoms with van der Waals surface area (Å²) in [7, 11) is 0. The van der Waals surface area contributed by atoms with Gasteiger partial charge in [0, 0.05) is 0 Å². The Balaban J connectivity index is 1.80. The molecule has 6 nitrogen and oxygen atoms in total. The molecule has 2 N–H and O–H groups in total. The molecule has 0 saturated carbocycles. The summed E-state index contributed by atoms with van der Waals surface area (Å²) in [6.07, 6.45) is 0. The molecule has 0 radical (unpaired) electrons. The van der Waals surface area contributed by atoms with Gasteiger partial charge >= 0.3 is 160 Å². The Morgan fingerprint density at radius 1 is 0.630 bits per heavy atom. The number of nitrogens with zero attached hydrogens (tertiary/aromatic N) is 2. The molecule has 0 unspecified atom stereocenters. The maximum atomic E-state index is 11.0. The van der Waals surface area contributed by atoms with E-state index in [1.54, 1.807) is 48.5 Å². The molecule has 0 bridgehead atoms. The molecular formula is C20H12N2O4Se. The van der Waals surface area contributed by atoms with Gasteiger partial charge in [-0.15, -0.1) is 0 Å². The Kier molecular flexibility index (Phi) is 4.31. The standard InChI is InChI=1S/C20H12N2O4Se/c23-19(24)13-5-1-11(2-6-13)15-9-10-16(18-17(15)21-27-22-18)12-3-7-14(8-4-12)20(25)26/h1-10H,(H,23,24)(H,25,26). The van der Waals surface area contributed by atoms with Crippen LogP contribution < -0.4 is 0 Å². The number of hydrogen-bond donors (Lipinski definition) is 2. The maximum absolute atomic E-state index is 11.0. The molecule has 27 heavy (non-hydrogen) atoms. The molecule has 0 spiro atoms. The zero-order valence-electron chi connectivity index (χ0n) is 13.8. The summed E-state index contributed by atoms with van der Waals surface area (Å²) < 4.78 is 9.10. The molecule has 3 aromatic carbocycles. The predicted octanol–water partition coefficient (Wildman–Crippen LogP) is 3.42. The zero-order valence-corrected chi connectivity index (χ0v) is 15.5. The van der Waals surface area contributed by atoms with E-state index < -0.39 is 11.9 Å². The van der Waals surface area contributed by atoms with Crippen LogP contribution >= 0.6 is 0 Å². The van der Waals surface area contributed by atoms with Gasteiger partial charge in [-0.05, 0) is 0 Å². The van der Waals surface area contributed by atoms with Crippen LogP contribution in [0.25, 0.3) is 33.3 Å². The summed E-state index contributed by atoms with van der Waals surface area (Å²) in [5, 5.41) is 18.1. The van der Waals surface area contributed by atoms with Crippen molar-refractivity contribution in [2.45, 2.75) is 0 Å². The fourth-order valence-corrected chi connectivity index (χ4v) is 4.12. The molecule has 1 aromatic heterocycles. The van der Waals surface area contributed by atoms with Crippen LogP contribution in [0.2, 0.25) is 0 Å². The van der Waals surface area contributed by atoms with Crippen LogP contribution in [0.3, 0.4) is 0 Å². The summed E-state index contributed by atoms with van der Waals surface area (Å²) in [6, 6.07) is 17.2. The number of fused-ring (bicyclic) bond motifs is 1. The second-order valence-corrected chi connectivity index (χ2v) is 7.00. The van der Waals surface area contributed by atoms with Crippen molar-refractivity contribution in [3.63, 3.8) is 0 Å². The van der Waals surface area contributed by atoms with Crippen molar-refractivity contribution < 1.29 is 19.8 Å². The van der Waals surface area contributed by atoms with Gasteiger partial charge in [0.25, 0.3) is 0 Å². The first-order valence-electron chi connectivity index (χ1n) is 7.97. The van der Waals surface area contributed by atoms with Crippen LogP contribution in [0, 0.1) is 0 Å². The first-order chi connectivity index (χ1) is 13.0. The van der Waals surface area contributed by atoms with Gasteiger partial charge in [-0.1, -0.05) is 0 Å². The van der Waals surface area contributed by atoms with Gasteiger partial charge in [-0.25, -0.2) is 0 Å². The van der Waals surface area contributed by atoms with Crippen molar-refractivity contribution in [2.24, 2.45) is 0 Å². The molecule has 0 saturated heterocycles. The minimum absolute atomic E-state index is 0.233. The normalized spacial score (nSPS) is 10.8. The fraction of sp³-hybridized carbons (Fsp3) is 0. The summed E-state index contributed by atoms with van der Waals surface area (Å²) >= 11 is -0.241. The van der Waals surface area contributed by atoms with Crippen molar-refractivity contribution in [2.75, 3.05) is 0 Å². The summed E-state index contributed by atoms with van der Waals surface area (Å²) in [5.41, 5.74) is 5.59. The molecule has 0 aliphatic rings. The van der Waals surface area contributed by atoms with E-state index in [0.717, 1.165) is 33.3 Å². The van der Waals surface area contributed by atoms with E-state index in [2.05, 4.69) is 7.96 Å². The number of aromatic carboxylic acids is 2. The van der Waals surface area contributed by atoms with Crippen molar-refractivity contribution >= 4 is 37.9 Å². The van der Waals surface area contributed by atoms with Crippen molar-refractivity contribution in [3.05, 3.63) is 71.8 Å². The monoisotopic (exact) mass is 424 g/mol. The molecular weight excluding hydrogens is 411 g/mol. The zero-order chi connectivity index (χ0) is 19.0. The SMILES string of the molecule is O=C(O)c1ccc(-c2ccc(-c3ccc(C(=O)O)cc3)c3n[se]nc23)cc1. The predicted molar refractivity (Wildman–Crippen MR) is 101 cm³/mol. The van der Waals surface area contributed by atoms with Gasteiger partial charge in [-0.2, -0.15) is 0 Å². The van der Waals surface area contributed by atoms with Gasteiger partial charge in [0.15, 0.2) is 0 Å². The fourth-order valence-electron chi connectivity index (χ4n) is 2.92. The van der Waals surface area contributed by atoms with E-state index in [-0.39, 0.29) is 26.1 Å². The molecule has 0 fully saturated rings. The number of carboxylic acids is 2. The quantitative estimate of drug-likeness (QED) is 0.488.